The lowest BCUT2D eigenvalue weighted by atomic mass is 9.86. The van der Waals surface area contributed by atoms with Crippen molar-refractivity contribution < 1.29 is 13.2 Å². The number of aromatic nitrogens is 2. The monoisotopic (exact) mass is 506 g/mol. The fourth-order valence-electron chi connectivity index (χ4n) is 5.35. The molecule has 2 atom stereocenters. The van der Waals surface area contributed by atoms with E-state index < -0.39 is 10.0 Å². The van der Waals surface area contributed by atoms with Gasteiger partial charge in [-0.1, -0.05) is 32.8 Å². The van der Waals surface area contributed by atoms with Crippen LogP contribution in [-0.4, -0.2) is 47.7 Å². The van der Waals surface area contributed by atoms with E-state index in [0.717, 1.165) is 32.1 Å². The highest BCUT2D eigenvalue weighted by molar-refractivity contribution is 7.89. The second-order valence-electron chi connectivity index (χ2n) is 10.4. The normalized spacial score (nSPS) is 21.9. The lowest BCUT2D eigenvalue weighted by Gasteiger charge is -2.30. The zero-order valence-corrected chi connectivity index (χ0v) is 21.8. The quantitative estimate of drug-likeness (QED) is 0.524. The molecule has 2 fully saturated rings. The molecule has 3 aromatic rings. The van der Waals surface area contributed by atoms with Crippen LogP contribution in [-0.2, 0) is 10.0 Å². The number of piperidine rings is 1. The number of pyridine rings is 2. The van der Waals surface area contributed by atoms with Crippen molar-refractivity contribution in [1.82, 2.24) is 19.6 Å². The molecule has 1 aromatic carbocycles. The number of benzene rings is 1. The van der Waals surface area contributed by atoms with E-state index in [1.807, 2.05) is 18.2 Å². The van der Waals surface area contributed by atoms with Crippen molar-refractivity contribution in [2.75, 3.05) is 13.1 Å². The van der Waals surface area contributed by atoms with Crippen LogP contribution >= 0.6 is 0 Å². The van der Waals surface area contributed by atoms with Gasteiger partial charge in [0.05, 0.1) is 27.4 Å². The molecule has 1 amide bonds. The maximum atomic E-state index is 13.6. The molecule has 190 valence electrons. The third-order valence-corrected chi connectivity index (χ3v) is 9.66. The van der Waals surface area contributed by atoms with Gasteiger partial charge in [-0.2, -0.15) is 4.31 Å². The maximum absolute atomic E-state index is 13.6. The van der Waals surface area contributed by atoms with Crippen molar-refractivity contribution in [3.63, 3.8) is 0 Å². The van der Waals surface area contributed by atoms with Crippen LogP contribution in [0.25, 0.3) is 22.3 Å². The molecule has 1 N–H and O–H groups in total. The molecule has 8 heteroatoms. The Labute approximate surface area is 213 Å². The minimum absolute atomic E-state index is 0.107. The number of sulfonamides is 1. The fourth-order valence-corrected chi connectivity index (χ4v) is 6.85. The van der Waals surface area contributed by atoms with Gasteiger partial charge in [0.25, 0.3) is 5.91 Å². The van der Waals surface area contributed by atoms with Gasteiger partial charge in [0, 0.05) is 30.7 Å². The molecule has 1 saturated heterocycles. The van der Waals surface area contributed by atoms with Gasteiger partial charge in [-0.15, -0.1) is 0 Å². The first-order chi connectivity index (χ1) is 17.3. The van der Waals surface area contributed by atoms with Crippen molar-refractivity contribution in [2.24, 2.45) is 11.8 Å². The van der Waals surface area contributed by atoms with Crippen molar-refractivity contribution >= 4 is 26.8 Å². The molecule has 0 unspecified atom stereocenters. The molecule has 5 rings (SSSR count). The molecule has 1 saturated carbocycles. The highest BCUT2D eigenvalue weighted by Crippen LogP contribution is 2.30. The van der Waals surface area contributed by atoms with Gasteiger partial charge >= 0.3 is 0 Å². The van der Waals surface area contributed by atoms with Crippen molar-refractivity contribution in [3.05, 3.63) is 54.2 Å². The summed E-state index contributed by atoms with van der Waals surface area (Å²) in [6.07, 6.45) is 7.74. The largest absolute Gasteiger partial charge is 0.349 e. The number of hydrogen-bond acceptors (Lipinski definition) is 5. The summed E-state index contributed by atoms with van der Waals surface area (Å²) < 4.78 is 28.5. The van der Waals surface area contributed by atoms with Gasteiger partial charge < -0.3 is 5.32 Å². The van der Waals surface area contributed by atoms with E-state index >= 15 is 0 Å². The van der Waals surface area contributed by atoms with Crippen LogP contribution < -0.4 is 5.32 Å². The first-order valence-electron chi connectivity index (χ1n) is 13.0. The second kappa shape index (κ2) is 10.3. The Kier molecular flexibility index (Phi) is 7.08. The molecular weight excluding hydrogens is 472 g/mol. The maximum Gasteiger partial charge on any atom is 0.252 e. The van der Waals surface area contributed by atoms with Gasteiger partial charge in [0.2, 0.25) is 10.0 Å². The van der Waals surface area contributed by atoms with Crippen molar-refractivity contribution in [1.29, 1.82) is 0 Å². The fraction of sp³-hybridized carbons (Fsp3) is 0.464. The average Bonchev–Trinajstić information content (AvgIpc) is 2.89. The van der Waals surface area contributed by atoms with Crippen molar-refractivity contribution in [2.45, 2.75) is 63.3 Å². The highest BCUT2D eigenvalue weighted by atomic mass is 32.2. The number of fused-ring (bicyclic) bond motifs is 1. The number of nitrogens with one attached hydrogen (secondary N) is 1. The van der Waals surface area contributed by atoms with Gasteiger partial charge in [0.15, 0.2) is 0 Å². The molecule has 7 nitrogen and oxygen atoms in total. The van der Waals surface area contributed by atoms with E-state index in [4.69, 9.17) is 4.98 Å². The summed E-state index contributed by atoms with van der Waals surface area (Å²) in [5.74, 6) is 0.739. The van der Waals surface area contributed by atoms with Gasteiger partial charge in [-0.25, -0.2) is 13.4 Å². The standard InChI is InChI=1S/C28H34N4O3S/c1-19-12-15-32(16-13-19)36(34,35)21-10-11-25-22(17-21)23(18-27(30-25)26-9-5-6-14-29-26)28(33)31-24-8-4-3-7-20(24)2/h5-6,9-11,14,17-20,24H,3-4,7-8,12-13,15-16H2,1-2H3,(H,31,33)/t20-,24-/m1/s1. The summed E-state index contributed by atoms with van der Waals surface area (Å²) in [4.78, 5) is 23.0. The van der Waals surface area contributed by atoms with Crippen molar-refractivity contribution in [3.8, 4) is 11.4 Å². The summed E-state index contributed by atoms with van der Waals surface area (Å²) in [7, 11) is -3.66. The third-order valence-electron chi connectivity index (χ3n) is 7.76. The zero-order valence-electron chi connectivity index (χ0n) is 21.0. The van der Waals surface area contributed by atoms with Crippen LogP contribution in [0.5, 0.6) is 0 Å². The molecule has 0 spiro atoms. The Morgan fingerprint density at radius 2 is 1.75 bits per heavy atom. The smallest absolute Gasteiger partial charge is 0.252 e. The molecule has 0 bridgehead atoms. The Bertz CT molecular complexity index is 1350. The number of carbonyl (C=O) groups excluding carboxylic acids is 1. The Balaban J connectivity index is 1.57. The lowest BCUT2D eigenvalue weighted by Crippen LogP contribution is -2.41. The summed E-state index contributed by atoms with van der Waals surface area (Å²) in [5, 5.41) is 3.78. The molecule has 2 aliphatic rings. The van der Waals surface area contributed by atoms with E-state index in [2.05, 4.69) is 24.1 Å². The number of rotatable bonds is 5. The number of hydrogen-bond donors (Lipinski definition) is 1. The Morgan fingerprint density at radius 3 is 2.47 bits per heavy atom. The first-order valence-corrected chi connectivity index (χ1v) is 14.4. The summed E-state index contributed by atoms with van der Waals surface area (Å²) >= 11 is 0. The molecule has 1 aliphatic heterocycles. The van der Waals surface area contributed by atoms with Crippen LogP contribution in [0.4, 0.5) is 0 Å². The molecule has 3 heterocycles. The molecule has 2 aromatic heterocycles. The Hall–Kier alpha value is -2.84. The van der Waals surface area contributed by atoms with Crippen LogP contribution in [0.15, 0.2) is 53.6 Å². The Morgan fingerprint density at radius 1 is 0.972 bits per heavy atom. The zero-order chi connectivity index (χ0) is 25.3. The minimum atomic E-state index is -3.66. The van der Waals surface area contributed by atoms with Crippen LogP contribution in [0.3, 0.4) is 0 Å². The number of carbonyl (C=O) groups is 1. The predicted molar refractivity (Wildman–Crippen MR) is 141 cm³/mol. The average molecular weight is 507 g/mol. The predicted octanol–water partition coefficient (Wildman–Crippen LogP) is 5.03. The first kappa shape index (κ1) is 24.8. The topological polar surface area (TPSA) is 92.3 Å². The summed E-state index contributed by atoms with van der Waals surface area (Å²) in [6.45, 7) is 5.37. The van der Waals surface area contributed by atoms with E-state index in [9.17, 15) is 13.2 Å². The summed E-state index contributed by atoms with van der Waals surface area (Å²) in [5.41, 5.74) is 2.26. The van der Waals surface area contributed by atoms with Crippen LogP contribution in [0.2, 0.25) is 0 Å². The van der Waals surface area contributed by atoms with E-state index in [-0.39, 0.29) is 16.8 Å². The molecule has 36 heavy (non-hydrogen) atoms. The van der Waals surface area contributed by atoms with Crippen LogP contribution in [0, 0.1) is 11.8 Å². The van der Waals surface area contributed by atoms with Crippen LogP contribution in [0.1, 0.15) is 62.7 Å². The SMILES string of the molecule is CC1CCN(S(=O)(=O)c2ccc3nc(-c4ccccn4)cc(C(=O)N[C@@H]4CCCC[C@H]4C)c3c2)CC1. The molecular formula is C28H34N4O3S. The minimum Gasteiger partial charge on any atom is -0.349 e. The van der Waals surface area contributed by atoms with Gasteiger partial charge in [0.1, 0.15) is 0 Å². The van der Waals surface area contributed by atoms with Gasteiger partial charge in [-0.05, 0) is 73.9 Å². The molecule has 1 aliphatic carbocycles. The lowest BCUT2D eigenvalue weighted by molar-refractivity contribution is 0.0912. The van der Waals surface area contributed by atoms with E-state index in [1.54, 1.807) is 34.8 Å². The second-order valence-corrected chi connectivity index (χ2v) is 12.3. The number of nitrogens with zero attached hydrogens (tertiary/aromatic N) is 3. The molecule has 0 radical (unpaired) electrons. The third kappa shape index (κ3) is 5.02. The highest BCUT2D eigenvalue weighted by Gasteiger charge is 2.29. The van der Waals surface area contributed by atoms with E-state index in [0.29, 0.717) is 52.8 Å². The van der Waals surface area contributed by atoms with E-state index in [1.165, 1.54) is 6.42 Å². The number of amides is 1. The van der Waals surface area contributed by atoms with Gasteiger partial charge in [-0.3, -0.25) is 9.78 Å². The summed E-state index contributed by atoms with van der Waals surface area (Å²) in [6, 6.07) is 12.4.